The molecule has 0 aliphatic heterocycles. The quantitative estimate of drug-likeness (QED) is 0.659. The number of rotatable bonds is 8. The third-order valence-corrected chi connectivity index (χ3v) is 4.26. The molecule has 0 fully saturated rings. The van der Waals surface area contributed by atoms with Crippen molar-refractivity contribution in [3.63, 3.8) is 0 Å². The molecule has 0 spiro atoms. The van der Waals surface area contributed by atoms with Crippen LogP contribution in [0.1, 0.15) is 66.2 Å². The summed E-state index contributed by atoms with van der Waals surface area (Å²) in [6.45, 7) is 10.6. The lowest BCUT2D eigenvalue weighted by atomic mass is 9.80. The molecule has 0 heterocycles. The standard InChI is InChI=1S/C16H31NO/c1-5-16(6-2,18-8-4)15(17-7-3)14-12-10-9-11-13-14/h12,15,17H,5-11,13H2,1-4H3. The number of allylic oxidation sites excluding steroid dienone is 1. The van der Waals surface area contributed by atoms with E-state index in [0.717, 1.165) is 26.0 Å². The third-order valence-electron chi connectivity index (χ3n) is 4.26. The maximum Gasteiger partial charge on any atom is 0.0867 e. The lowest BCUT2D eigenvalue weighted by molar-refractivity contribution is -0.0641. The van der Waals surface area contributed by atoms with E-state index < -0.39 is 0 Å². The minimum Gasteiger partial charge on any atom is -0.373 e. The van der Waals surface area contributed by atoms with Gasteiger partial charge in [-0.1, -0.05) is 32.4 Å². The van der Waals surface area contributed by atoms with E-state index in [-0.39, 0.29) is 5.60 Å². The number of ether oxygens (including phenoxy) is 1. The predicted octanol–water partition coefficient (Wildman–Crippen LogP) is 4.06. The molecule has 106 valence electrons. The maximum atomic E-state index is 6.19. The van der Waals surface area contributed by atoms with E-state index in [2.05, 4.69) is 39.1 Å². The van der Waals surface area contributed by atoms with Gasteiger partial charge in [0, 0.05) is 6.61 Å². The highest BCUT2D eigenvalue weighted by Gasteiger charge is 2.38. The zero-order valence-corrected chi connectivity index (χ0v) is 12.7. The van der Waals surface area contributed by atoms with Crippen LogP contribution in [0, 0.1) is 0 Å². The summed E-state index contributed by atoms with van der Waals surface area (Å²) in [5, 5.41) is 3.69. The van der Waals surface area contributed by atoms with Crippen LogP contribution in [0.2, 0.25) is 0 Å². The summed E-state index contributed by atoms with van der Waals surface area (Å²) >= 11 is 0. The maximum absolute atomic E-state index is 6.19. The van der Waals surface area contributed by atoms with Crippen molar-refractivity contribution < 1.29 is 4.74 Å². The molecule has 0 aromatic carbocycles. The molecule has 0 saturated carbocycles. The summed E-state index contributed by atoms with van der Waals surface area (Å²) in [5.74, 6) is 0. The zero-order valence-electron chi connectivity index (χ0n) is 12.7. The number of nitrogens with one attached hydrogen (secondary N) is 1. The Bertz CT molecular complexity index is 256. The van der Waals surface area contributed by atoms with Crippen molar-refractivity contribution in [3.05, 3.63) is 11.6 Å². The van der Waals surface area contributed by atoms with Gasteiger partial charge in [-0.2, -0.15) is 0 Å². The molecule has 0 aromatic heterocycles. The van der Waals surface area contributed by atoms with Gasteiger partial charge in [-0.3, -0.25) is 0 Å². The van der Waals surface area contributed by atoms with Crippen molar-refractivity contribution in [2.75, 3.05) is 13.2 Å². The van der Waals surface area contributed by atoms with Gasteiger partial charge in [0.25, 0.3) is 0 Å². The molecular formula is C16H31NO. The van der Waals surface area contributed by atoms with Crippen LogP contribution in [0.4, 0.5) is 0 Å². The Balaban J connectivity index is 2.94. The van der Waals surface area contributed by atoms with E-state index in [1.807, 2.05) is 0 Å². The SMILES string of the molecule is CCNC(C1=CCCCC1)C(CC)(CC)OCC. The first kappa shape index (κ1) is 15.7. The molecule has 1 aliphatic rings. The first-order valence-electron chi connectivity index (χ1n) is 7.80. The molecule has 2 heteroatoms. The second kappa shape index (κ2) is 7.96. The van der Waals surface area contributed by atoms with Crippen LogP contribution < -0.4 is 5.32 Å². The van der Waals surface area contributed by atoms with E-state index in [1.54, 1.807) is 5.57 Å². The second-order valence-corrected chi connectivity index (χ2v) is 5.22. The molecule has 1 atom stereocenters. The summed E-state index contributed by atoms with van der Waals surface area (Å²) in [6, 6.07) is 0.401. The molecule has 18 heavy (non-hydrogen) atoms. The van der Waals surface area contributed by atoms with Gasteiger partial charge in [-0.25, -0.2) is 0 Å². The van der Waals surface area contributed by atoms with Gasteiger partial charge in [0.05, 0.1) is 11.6 Å². The van der Waals surface area contributed by atoms with Crippen LogP contribution >= 0.6 is 0 Å². The zero-order chi connectivity index (χ0) is 13.4. The van der Waals surface area contributed by atoms with E-state index in [9.17, 15) is 0 Å². The van der Waals surface area contributed by atoms with Gasteiger partial charge >= 0.3 is 0 Å². The van der Waals surface area contributed by atoms with Crippen LogP contribution in [0.3, 0.4) is 0 Å². The largest absolute Gasteiger partial charge is 0.373 e. The van der Waals surface area contributed by atoms with Gasteiger partial charge in [0.1, 0.15) is 0 Å². The third kappa shape index (κ3) is 3.58. The van der Waals surface area contributed by atoms with Crippen molar-refractivity contribution in [1.29, 1.82) is 0 Å². The number of hydrogen-bond acceptors (Lipinski definition) is 2. The Morgan fingerprint density at radius 3 is 2.39 bits per heavy atom. The van der Waals surface area contributed by atoms with Gasteiger partial charge in [-0.05, 0) is 52.0 Å². The molecule has 2 nitrogen and oxygen atoms in total. The van der Waals surface area contributed by atoms with Gasteiger partial charge in [0.2, 0.25) is 0 Å². The molecule has 0 radical (unpaired) electrons. The predicted molar refractivity (Wildman–Crippen MR) is 79.0 cm³/mol. The smallest absolute Gasteiger partial charge is 0.0867 e. The van der Waals surface area contributed by atoms with Crippen LogP contribution in [0.5, 0.6) is 0 Å². The van der Waals surface area contributed by atoms with Gasteiger partial charge in [-0.15, -0.1) is 0 Å². The van der Waals surface area contributed by atoms with E-state index in [4.69, 9.17) is 4.74 Å². The minimum atomic E-state index is -0.0199. The van der Waals surface area contributed by atoms with Crippen molar-refractivity contribution in [3.8, 4) is 0 Å². The summed E-state index contributed by atoms with van der Waals surface area (Å²) in [6.07, 6.45) is 9.78. The molecule has 0 amide bonds. The van der Waals surface area contributed by atoms with Crippen molar-refractivity contribution in [2.24, 2.45) is 0 Å². The Hall–Kier alpha value is -0.340. The van der Waals surface area contributed by atoms with E-state index in [1.165, 1.54) is 25.7 Å². The molecule has 1 rings (SSSR count). The van der Waals surface area contributed by atoms with Crippen LogP contribution in [0.25, 0.3) is 0 Å². The molecule has 1 N–H and O–H groups in total. The second-order valence-electron chi connectivity index (χ2n) is 5.22. The fourth-order valence-corrected chi connectivity index (χ4v) is 3.22. The Morgan fingerprint density at radius 1 is 1.22 bits per heavy atom. The fraction of sp³-hybridized carbons (Fsp3) is 0.875. The Labute approximate surface area is 113 Å². The van der Waals surface area contributed by atoms with Crippen molar-refractivity contribution in [2.45, 2.75) is 77.9 Å². The highest BCUT2D eigenvalue weighted by molar-refractivity contribution is 5.19. The summed E-state index contributed by atoms with van der Waals surface area (Å²) in [4.78, 5) is 0. The fourth-order valence-electron chi connectivity index (χ4n) is 3.22. The van der Waals surface area contributed by atoms with Crippen molar-refractivity contribution >= 4 is 0 Å². The molecule has 0 bridgehead atoms. The van der Waals surface area contributed by atoms with Gasteiger partial charge in [0.15, 0.2) is 0 Å². The highest BCUT2D eigenvalue weighted by Crippen LogP contribution is 2.33. The van der Waals surface area contributed by atoms with E-state index in [0.29, 0.717) is 6.04 Å². The van der Waals surface area contributed by atoms with Crippen LogP contribution in [-0.2, 0) is 4.74 Å². The first-order valence-corrected chi connectivity index (χ1v) is 7.80. The molecule has 1 aliphatic carbocycles. The molecule has 1 unspecified atom stereocenters. The topological polar surface area (TPSA) is 21.3 Å². The first-order chi connectivity index (χ1) is 8.74. The van der Waals surface area contributed by atoms with Crippen LogP contribution in [-0.4, -0.2) is 24.8 Å². The summed E-state index contributed by atoms with van der Waals surface area (Å²) < 4.78 is 6.19. The molecule has 0 aromatic rings. The van der Waals surface area contributed by atoms with Crippen molar-refractivity contribution in [1.82, 2.24) is 5.32 Å². The van der Waals surface area contributed by atoms with Gasteiger partial charge < -0.3 is 10.1 Å². The molecular weight excluding hydrogens is 222 g/mol. The summed E-state index contributed by atoms with van der Waals surface area (Å²) in [7, 11) is 0. The minimum absolute atomic E-state index is 0.0199. The number of hydrogen-bond donors (Lipinski definition) is 1. The average Bonchev–Trinajstić information content (AvgIpc) is 2.44. The normalized spacial score (nSPS) is 18.6. The molecule has 0 saturated heterocycles. The van der Waals surface area contributed by atoms with E-state index >= 15 is 0 Å². The Kier molecular flexibility index (Phi) is 6.95. The highest BCUT2D eigenvalue weighted by atomic mass is 16.5. The lowest BCUT2D eigenvalue weighted by Gasteiger charge is -2.42. The van der Waals surface area contributed by atoms with Crippen LogP contribution in [0.15, 0.2) is 11.6 Å². The number of likely N-dealkylation sites (N-methyl/N-ethyl adjacent to an activating group) is 1. The monoisotopic (exact) mass is 253 g/mol. The summed E-state index contributed by atoms with van der Waals surface area (Å²) in [5.41, 5.74) is 1.56. The Morgan fingerprint density at radius 2 is 1.94 bits per heavy atom. The average molecular weight is 253 g/mol. The lowest BCUT2D eigenvalue weighted by Crippen LogP contribution is -2.53.